The van der Waals surface area contributed by atoms with Gasteiger partial charge in [-0.1, -0.05) is 66.7 Å². The van der Waals surface area contributed by atoms with E-state index in [1.54, 1.807) is 18.5 Å². The molecule has 4 aromatic rings. The van der Waals surface area contributed by atoms with Gasteiger partial charge in [0.25, 0.3) is 0 Å². The van der Waals surface area contributed by atoms with Crippen LogP contribution in [0.2, 0.25) is 0 Å². The van der Waals surface area contributed by atoms with Crippen LogP contribution in [0.15, 0.2) is 103 Å². The summed E-state index contributed by atoms with van der Waals surface area (Å²) in [5.74, 6) is 0. The maximum absolute atomic E-state index is 8.67. The second-order valence-corrected chi connectivity index (χ2v) is 8.28. The van der Waals surface area contributed by atoms with E-state index in [4.69, 9.17) is 16.9 Å². The molecule has 0 bridgehead atoms. The van der Waals surface area contributed by atoms with E-state index in [1.807, 2.05) is 48.5 Å². The predicted octanol–water partition coefficient (Wildman–Crippen LogP) is 5.55. The first-order valence-electron chi connectivity index (χ1n) is 11.2. The standard InChI is InChI=1S/C29H29N5/c1-20(23-9-3-2-4-10-23)34-18-22-8-5-7-21(15-22)16-28(31)29(32)26-17-24(12-13-27(26)30)25-11-6-14-33-19-25/h2-17,19-20,32,34H,18,30-31H2,1H3/b28-16-,32-29?. The van der Waals surface area contributed by atoms with Crippen molar-refractivity contribution in [2.24, 2.45) is 5.73 Å². The third-order valence-corrected chi connectivity index (χ3v) is 5.79. The molecule has 5 nitrogen and oxygen atoms in total. The SMILES string of the molecule is CC(NCc1cccc(/C=C(\N)C(=N)c2cc(-c3cccnc3)ccc2N)c1)c1ccccc1. The monoisotopic (exact) mass is 447 g/mol. The molecule has 1 aromatic heterocycles. The molecule has 5 heteroatoms. The van der Waals surface area contributed by atoms with Gasteiger partial charge in [0.15, 0.2) is 0 Å². The first-order chi connectivity index (χ1) is 16.5. The number of aromatic nitrogens is 1. The van der Waals surface area contributed by atoms with E-state index in [0.717, 1.165) is 28.8 Å². The quantitative estimate of drug-likeness (QED) is 0.210. The number of nitrogen functional groups attached to an aromatic ring is 1. The van der Waals surface area contributed by atoms with Crippen molar-refractivity contribution in [2.45, 2.75) is 19.5 Å². The van der Waals surface area contributed by atoms with Gasteiger partial charge in [-0.2, -0.15) is 0 Å². The van der Waals surface area contributed by atoms with Crippen molar-refractivity contribution in [1.82, 2.24) is 10.3 Å². The third kappa shape index (κ3) is 5.57. The van der Waals surface area contributed by atoms with Gasteiger partial charge in [0.05, 0.1) is 11.4 Å². The third-order valence-electron chi connectivity index (χ3n) is 5.79. The number of hydrogen-bond acceptors (Lipinski definition) is 5. The molecule has 1 unspecified atom stereocenters. The Hall–Kier alpha value is -4.22. The van der Waals surface area contributed by atoms with Gasteiger partial charge >= 0.3 is 0 Å². The van der Waals surface area contributed by atoms with E-state index in [0.29, 0.717) is 16.9 Å². The van der Waals surface area contributed by atoms with Crippen LogP contribution in [0.5, 0.6) is 0 Å². The lowest BCUT2D eigenvalue weighted by atomic mass is 9.98. The molecule has 1 atom stereocenters. The Morgan fingerprint density at radius 1 is 0.971 bits per heavy atom. The van der Waals surface area contributed by atoms with Crippen LogP contribution in [0.4, 0.5) is 5.69 Å². The molecule has 0 aliphatic heterocycles. The highest BCUT2D eigenvalue weighted by molar-refractivity contribution is 6.15. The summed E-state index contributed by atoms with van der Waals surface area (Å²) in [5.41, 5.74) is 19.4. The molecule has 0 saturated carbocycles. The van der Waals surface area contributed by atoms with Crippen LogP contribution in [0.1, 0.15) is 35.2 Å². The van der Waals surface area contributed by atoms with Crippen LogP contribution in [0, 0.1) is 5.41 Å². The van der Waals surface area contributed by atoms with E-state index in [1.165, 1.54) is 5.56 Å². The second-order valence-electron chi connectivity index (χ2n) is 8.28. The zero-order valence-electron chi connectivity index (χ0n) is 19.2. The van der Waals surface area contributed by atoms with Gasteiger partial charge < -0.3 is 16.8 Å². The fraction of sp³-hybridized carbons (Fsp3) is 0.103. The number of anilines is 1. The second kappa shape index (κ2) is 10.6. The molecule has 0 aliphatic carbocycles. The van der Waals surface area contributed by atoms with E-state index >= 15 is 0 Å². The summed E-state index contributed by atoms with van der Waals surface area (Å²) in [6.45, 7) is 2.89. The molecule has 3 aromatic carbocycles. The number of nitrogens with zero attached hydrogens (tertiary/aromatic N) is 1. The minimum atomic E-state index is 0.199. The summed E-state index contributed by atoms with van der Waals surface area (Å²) < 4.78 is 0. The van der Waals surface area contributed by atoms with Gasteiger partial charge in [-0.15, -0.1) is 0 Å². The van der Waals surface area contributed by atoms with Crippen molar-refractivity contribution in [3.63, 3.8) is 0 Å². The first-order valence-corrected chi connectivity index (χ1v) is 11.2. The van der Waals surface area contributed by atoms with Gasteiger partial charge in [-0.3, -0.25) is 10.4 Å². The van der Waals surface area contributed by atoms with Crippen LogP contribution in [-0.2, 0) is 6.54 Å². The molecule has 1 heterocycles. The van der Waals surface area contributed by atoms with Gasteiger partial charge in [0.2, 0.25) is 0 Å². The Morgan fingerprint density at radius 3 is 2.56 bits per heavy atom. The van der Waals surface area contributed by atoms with Crippen molar-refractivity contribution >= 4 is 17.5 Å². The molecule has 0 saturated heterocycles. The fourth-order valence-corrected chi connectivity index (χ4v) is 3.82. The molecular formula is C29H29N5. The van der Waals surface area contributed by atoms with Gasteiger partial charge in [0, 0.05) is 41.8 Å². The summed E-state index contributed by atoms with van der Waals surface area (Å²) in [4.78, 5) is 4.17. The molecule has 4 rings (SSSR count). The molecule has 0 fully saturated rings. The van der Waals surface area contributed by atoms with Crippen LogP contribution < -0.4 is 16.8 Å². The normalized spacial score (nSPS) is 12.3. The molecular weight excluding hydrogens is 418 g/mol. The topological polar surface area (TPSA) is 101 Å². The van der Waals surface area contributed by atoms with Gasteiger partial charge in [0.1, 0.15) is 0 Å². The number of rotatable bonds is 8. The van der Waals surface area contributed by atoms with E-state index in [9.17, 15) is 0 Å². The Balaban J connectivity index is 1.49. The Kier molecular flexibility index (Phi) is 7.16. The summed E-state index contributed by atoms with van der Waals surface area (Å²) in [7, 11) is 0. The molecule has 6 N–H and O–H groups in total. The predicted molar refractivity (Wildman–Crippen MR) is 141 cm³/mol. The number of nitrogens with two attached hydrogens (primary N) is 2. The fourth-order valence-electron chi connectivity index (χ4n) is 3.82. The summed E-state index contributed by atoms with van der Waals surface area (Å²) in [5, 5.41) is 12.2. The number of benzene rings is 3. The Morgan fingerprint density at radius 2 is 1.79 bits per heavy atom. The minimum absolute atomic E-state index is 0.199. The zero-order valence-corrected chi connectivity index (χ0v) is 19.2. The average Bonchev–Trinajstić information content (AvgIpc) is 2.88. The van der Waals surface area contributed by atoms with Crippen LogP contribution in [-0.4, -0.2) is 10.7 Å². The highest BCUT2D eigenvalue weighted by Crippen LogP contribution is 2.25. The Labute approximate surface area is 200 Å². The van der Waals surface area contributed by atoms with Gasteiger partial charge in [-0.05, 0) is 53.5 Å². The van der Waals surface area contributed by atoms with Crippen molar-refractivity contribution in [3.8, 4) is 11.1 Å². The summed E-state index contributed by atoms with van der Waals surface area (Å²) in [6.07, 6.45) is 5.34. The zero-order chi connectivity index (χ0) is 23.9. The number of hydrogen-bond donors (Lipinski definition) is 4. The van der Waals surface area contributed by atoms with Crippen molar-refractivity contribution in [1.29, 1.82) is 5.41 Å². The van der Waals surface area contributed by atoms with Crippen LogP contribution in [0.3, 0.4) is 0 Å². The summed E-state index contributed by atoms with van der Waals surface area (Å²) in [6, 6.07) is 28.3. The molecule has 0 aliphatic rings. The summed E-state index contributed by atoms with van der Waals surface area (Å²) >= 11 is 0. The molecule has 0 spiro atoms. The van der Waals surface area contributed by atoms with Crippen LogP contribution in [0.25, 0.3) is 17.2 Å². The lowest BCUT2D eigenvalue weighted by molar-refractivity contribution is 0.574. The lowest BCUT2D eigenvalue weighted by Gasteiger charge is -2.14. The van der Waals surface area contributed by atoms with Crippen molar-refractivity contribution < 1.29 is 0 Å². The highest BCUT2D eigenvalue weighted by atomic mass is 14.9. The smallest absolute Gasteiger partial charge is 0.0862 e. The molecule has 0 amide bonds. The Bertz CT molecular complexity index is 1300. The average molecular weight is 448 g/mol. The number of nitrogens with one attached hydrogen (secondary N) is 2. The highest BCUT2D eigenvalue weighted by Gasteiger charge is 2.11. The van der Waals surface area contributed by atoms with Crippen molar-refractivity contribution in [3.05, 3.63) is 125 Å². The minimum Gasteiger partial charge on any atom is -0.398 e. The maximum atomic E-state index is 8.67. The van der Waals surface area contributed by atoms with E-state index < -0.39 is 0 Å². The first kappa shape index (κ1) is 23.0. The lowest BCUT2D eigenvalue weighted by Crippen LogP contribution is -2.18. The number of allylic oxidation sites excluding steroid dienone is 1. The van der Waals surface area contributed by atoms with E-state index in [-0.39, 0.29) is 11.8 Å². The van der Waals surface area contributed by atoms with Crippen LogP contribution >= 0.6 is 0 Å². The molecule has 34 heavy (non-hydrogen) atoms. The number of pyridine rings is 1. The maximum Gasteiger partial charge on any atom is 0.0862 e. The molecule has 170 valence electrons. The van der Waals surface area contributed by atoms with Crippen molar-refractivity contribution in [2.75, 3.05) is 5.73 Å². The van der Waals surface area contributed by atoms with E-state index in [2.05, 4.69) is 53.6 Å². The largest absolute Gasteiger partial charge is 0.398 e. The molecule has 0 radical (unpaired) electrons. The van der Waals surface area contributed by atoms with Gasteiger partial charge in [-0.25, -0.2) is 0 Å².